The van der Waals surface area contributed by atoms with Gasteiger partial charge in [-0.25, -0.2) is 0 Å². The van der Waals surface area contributed by atoms with Crippen molar-refractivity contribution in [2.75, 3.05) is 20.3 Å². The second kappa shape index (κ2) is 11.9. The first-order chi connectivity index (χ1) is 17.9. The second-order valence-corrected chi connectivity index (χ2v) is 9.59. The monoisotopic (exact) mass is 584 g/mol. The van der Waals surface area contributed by atoms with Gasteiger partial charge < -0.3 is 14.2 Å². The Balaban J connectivity index is 1.45. The zero-order valence-electron chi connectivity index (χ0n) is 19.6. The predicted octanol–water partition coefficient (Wildman–Crippen LogP) is 6.06. The highest BCUT2D eigenvalue weighted by Gasteiger charge is 2.35. The van der Waals surface area contributed by atoms with E-state index in [1.807, 2.05) is 18.2 Å². The van der Waals surface area contributed by atoms with Crippen LogP contribution in [0.15, 0.2) is 76.1 Å². The number of methoxy groups -OCH3 is 1. The number of hydrogen-bond acceptors (Lipinski definition) is 8. The minimum Gasteiger partial charge on any atom is -0.493 e. The van der Waals surface area contributed by atoms with E-state index in [0.29, 0.717) is 32.8 Å². The van der Waals surface area contributed by atoms with Crippen molar-refractivity contribution in [1.29, 1.82) is 0 Å². The van der Waals surface area contributed by atoms with E-state index in [9.17, 15) is 19.7 Å². The molecule has 1 heterocycles. The van der Waals surface area contributed by atoms with Gasteiger partial charge in [0.1, 0.15) is 19.0 Å². The van der Waals surface area contributed by atoms with Crippen LogP contribution in [0.3, 0.4) is 0 Å². The molecule has 1 fully saturated rings. The van der Waals surface area contributed by atoms with Crippen molar-refractivity contribution >= 4 is 50.6 Å². The van der Waals surface area contributed by atoms with Gasteiger partial charge in [-0.05, 0) is 69.2 Å². The van der Waals surface area contributed by atoms with E-state index in [4.69, 9.17) is 14.2 Å². The number of nitrogens with zero attached hydrogens (tertiary/aromatic N) is 2. The van der Waals surface area contributed by atoms with Crippen molar-refractivity contribution in [3.8, 4) is 17.2 Å². The molecule has 0 unspecified atom stereocenters. The fraction of sp³-hybridized carbons (Fsp3) is 0.154. The molecule has 11 heteroatoms. The molecule has 190 valence electrons. The lowest BCUT2D eigenvalue weighted by Gasteiger charge is -2.14. The van der Waals surface area contributed by atoms with Crippen molar-refractivity contribution in [3.05, 3.63) is 97.3 Å². The Hall–Kier alpha value is -3.83. The average molecular weight is 585 g/mol. The summed E-state index contributed by atoms with van der Waals surface area (Å²) in [5.74, 6) is 1.06. The number of halogens is 1. The molecular formula is C26H21BrN2O7S. The first-order valence-corrected chi connectivity index (χ1v) is 12.6. The van der Waals surface area contributed by atoms with Crippen LogP contribution in [0.4, 0.5) is 10.5 Å². The van der Waals surface area contributed by atoms with Gasteiger partial charge in [0.05, 0.1) is 28.0 Å². The van der Waals surface area contributed by atoms with Crippen LogP contribution in [0.5, 0.6) is 17.2 Å². The number of hydrogen-bond donors (Lipinski definition) is 0. The Kier molecular flexibility index (Phi) is 8.47. The number of carbonyl (C=O) groups is 2. The molecule has 4 rings (SSSR count). The van der Waals surface area contributed by atoms with E-state index in [-0.39, 0.29) is 35.6 Å². The highest BCUT2D eigenvalue weighted by molar-refractivity contribution is 9.10. The minimum absolute atomic E-state index is 0.0250. The van der Waals surface area contributed by atoms with Gasteiger partial charge in [-0.15, -0.1) is 0 Å². The van der Waals surface area contributed by atoms with Gasteiger partial charge in [0.2, 0.25) is 0 Å². The van der Waals surface area contributed by atoms with Gasteiger partial charge in [-0.1, -0.05) is 30.3 Å². The van der Waals surface area contributed by atoms with E-state index >= 15 is 0 Å². The molecule has 1 aliphatic rings. The van der Waals surface area contributed by atoms with Crippen LogP contribution in [0.25, 0.3) is 6.08 Å². The Morgan fingerprint density at radius 1 is 1.05 bits per heavy atom. The molecule has 0 bridgehead atoms. The molecule has 1 aliphatic heterocycles. The van der Waals surface area contributed by atoms with Crippen LogP contribution >= 0.6 is 27.7 Å². The third-order valence-electron chi connectivity index (χ3n) is 5.25. The summed E-state index contributed by atoms with van der Waals surface area (Å²) < 4.78 is 17.5. The van der Waals surface area contributed by atoms with E-state index < -0.39 is 10.8 Å². The van der Waals surface area contributed by atoms with Crippen molar-refractivity contribution in [1.82, 2.24) is 4.90 Å². The lowest BCUT2D eigenvalue weighted by molar-refractivity contribution is -0.384. The lowest BCUT2D eigenvalue weighted by atomic mass is 10.1. The fourth-order valence-corrected chi connectivity index (χ4v) is 4.93. The van der Waals surface area contributed by atoms with Crippen LogP contribution in [-0.4, -0.2) is 41.2 Å². The molecule has 2 amide bonds. The number of nitro benzene ring substituents is 1. The van der Waals surface area contributed by atoms with E-state index in [1.54, 1.807) is 42.5 Å². The zero-order valence-corrected chi connectivity index (χ0v) is 22.0. The topological polar surface area (TPSA) is 108 Å². The number of para-hydroxylation sites is 1. The number of rotatable bonds is 10. The number of amides is 2. The van der Waals surface area contributed by atoms with Gasteiger partial charge in [-0.3, -0.25) is 24.6 Å². The number of imide groups is 1. The number of ether oxygens (including phenoxy) is 3. The van der Waals surface area contributed by atoms with Crippen LogP contribution in [-0.2, 0) is 11.4 Å². The summed E-state index contributed by atoms with van der Waals surface area (Å²) >= 11 is 4.32. The smallest absolute Gasteiger partial charge is 0.293 e. The Labute approximate surface area is 225 Å². The summed E-state index contributed by atoms with van der Waals surface area (Å²) in [4.78, 5) is 37.3. The third kappa shape index (κ3) is 6.49. The first kappa shape index (κ1) is 26.2. The van der Waals surface area contributed by atoms with Crippen molar-refractivity contribution in [3.63, 3.8) is 0 Å². The number of carbonyl (C=O) groups excluding carboxylic acids is 2. The van der Waals surface area contributed by atoms with Gasteiger partial charge in [0, 0.05) is 12.1 Å². The highest BCUT2D eigenvalue weighted by Crippen LogP contribution is 2.39. The molecule has 0 spiro atoms. The maximum absolute atomic E-state index is 12.8. The number of benzene rings is 3. The molecule has 1 saturated heterocycles. The highest BCUT2D eigenvalue weighted by atomic mass is 79.9. The molecule has 0 N–H and O–H groups in total. The standard InChI is InChI=1S/C26H21BrN2O7S/c1-34-22-14-18(13-21(27)24(22)36-16-17-6-5-7-19(12-17)29(32)33)15-23-25(30)28(26(31)37-23)10-11-35-20-8-3-2-4-9-20/h2-9,12-15H,10-11,16H2,1H3/b23-15-. The number of non-ortho nitro benzene ring substituents is 1. The third-order valence-corrected chi connectivity index (χ3v) is 6.75. The second-order valence-electron chi connectivity index (χ2n) is 7.74. The Bertz CT molecular complexity index is 1360. The molecular weight excluding hydrogens is 564 g/mol. The maximum Gasteiger partial charge on any atom is 0.293 e. The summed E-state index contributed by atoms with van der Waals surface area (Å²) in [5.41, 5.74) is 1.22. The first-order valence-electron chi connectivity index (χ1n) is 11.0. The summed E-state index contributed by atoms with van der Waals surface area (Å²) in [5, 5.41) is 10.6. The van der Waals surface area contributed by atoms with Gasteiger partial charge in [0.25, 0.3) is 16.8 Å². The molecule has 37 heavy (non-hydrogen) atoms. The summed E-state index contributed by atoms with van der Waals surface area (Å²) in [6, 6.07) is 18.7. The summed E-state index contributed by atoms with van der Waals surface area (Å²) in [6.45, 7) is 0.402. The summed E-state index contributed by atoms with van der Waals surface area (Å²) in [6.07, 6.45) is 1.61. The maximum atomic E-state index is 12.8. The molecule has 0 atom stereocenters. The quantitative estimate of drug-likeness (QED) is 0.161. The van der Waals surface area contributed by atoms with Crippen LogP contribution in [0, 0.1) is 10.1 Å². The van der Waals surface area contributed by atoms with Crippen LogP contribution in [0.2, 0.25) is 0 Å². The molecule has 0 radical (unpaired) electrons. The molecule has 3 aromatic carbocycles. The van der Waals surface area contributed by atoms with Crippen molar-refractivity contribution in [2.45, 2.75) is 6.61 Å². The number of thioether (sulfide) groups is 1. The van der Waals surface area contributed by atoms with E-state index in [1.165, 1.54) is 19.2 Å². The molecule has 3 aromatic rings. The average Bonchev–Trinajstić information content (AvgIpc) is 3.15. The molecule has 9 nitrogen and oxygen atoms in total. The van der Waals surface area contributed by atoms with Gasteiger partial charge >= 0.3 is 0 Å². The van der Waals surface area contributed by atoms with Gasteiger partial charge in [0.15, 0.2) is 11.5 Å². The predicted molar refractivity (Wildman–Crippen MR) is 143 cm³/mol. The molecule has 0 saturated carbocycles. The normalized spacial score (nSPS) is 14.2. The van der Waals surface area contributed by atoms with E-state index in [2.05, 4.69) is 15.9 Å². The van der Waals surface area contributed by atoms with Crippen molar-refractivity contribution < 1.29 is 28.7 Å². The van der Waals surface area contributed by atoms with E-state index in [0.717, 1.165) is 16.7 Å². The van der Waals surface area contributed by atoms with Gasteiger partial charge in [-0.2, -0.15) is 0 Å². The Morgan fingerprint density at radius 2 is 1.84 bits per heavy atom. The Morgan fingerprint density at radius 3 is 2.57 bits per heavy atom. The van der Waals surface area contributed by atoms with Crippen LogP contribution < -0.4 is 14.2 Å². The van der Waals surface area contributed by atoms with Crippen molar-refractivity contribution in [2.24, 2.45) is 0 Å². The molecule has 0 aromatic heterocycles. The summed E-state index contributed by atoms with van der Waals surface area (Å²) in [7, 11) is 1.48. The van der Waals surface area contributed by atoms with Crippen LogP contribution in [0.1, 0.15) is 11.1 Å². The SMILES string of the molecule is COc1cc(/C=C2\SC(=O)N(CCOc3ccccc3)C2=O)cc(Br)c1OCc1cccc([N+](=O)[O-])c1. The fourth-order valence-electron chi connectivity index (χ4n) is 3.49. The number of nitro groups is 1. The lowest BCUT2D eigenvalue weighted by Crippen LogP contribution is -2.32. The molecule has 0 aliphatic carbocycles. The minimum atomic E-state index is -0.465. The largest absolute Gasteiger partial charge is 0.493 e. The zero-order chi connectivity index (χ0) is 26.4.